The van der Waals surface area contributed by atoms with Gasteiger partial charge in [0.05, 0.1) is 0 Å². The Bertz CT molecular complexity index is 730. The van der Waals surface area contributed by atoms with Crippen molar-refractivity contribution in [1.29, 1.82) is 0 Å². The molecule has 8 heteroatoms. The van der Waals surface area contributed by atoms with Crippen LogP contribution in [0.5, 0.6) is 0 Å². The van der Waals surface area contributed by atoms with E-state index < -0.39 is 0 Å². The molecule has 2 N–H and O–H groups in total. The van der Waals surface area contributed by atoms with E-state index in [2.05, 4.69) is 20.7 Å². The number of carbonyl (C=O) groups is 2. The lowest BCUT2D eigenvalue weighted by Crippen LogP contribution is -2.51. The molecule has 3 rings (SSSR count). The number of pyridine rings is 1. The first-order valence-corrected chi connectivity index (χ1v) is 8.37. The van der Waals surface area contributed by atoms with Crippen molar-refractivity contribution in [2.45, 2.75) is 32.4 Å². The predicted octanol–water partition coefficient (Wildman–Crippen LogP) is 1.08. The van der Waals surface area contributed by atoms with E-state index >= 15 is 0 Å². The Kier molecular flexibility index (Phi) is 5.27. The minimum atomic E-state index is -0.134. The van der Waals surface area contributed by atoms with Gasteiger partial charge in [0.25, 0.3) is 0 Å². The van der Waals surface area contributed by atoms with Crippen molar-refractivity contribution in [1.82, 2.24) is 30.3 Å². The van der Waals surface area contributed by atoms with Gasteiger partial charge in [-0.1, -0.05) is 6.07 Å². The third-order valence-electron chi connectivity index (χ3n) is 4.13. The number of piperidine rings is 1. The second-order valence-electron chi connectivity index (χ2n) is 6.08. The first kappa shape index (κ1) is 16.9. The molecule has 0 aromatic carbocycles. The van der Waals surface area contributed by atoms with Gasteiger partial charge in [0.15, 0.2) is 5.82 Å². The highest BCUT2D eigenvalue weighted by Crippen LogP contribution is 2.12. The van der Waals surface area contributed by atoms with Crippen LogP contribution in [0, 0.1) is 0 Å². The van der Waals surface area contributed by atoms with Crippen LogP contribution >= 0.6 is 0 Å². The monoisotopic (exact) mass is 342 g/mol. The van der Waals surface area contributed by atoms with E-state index in [0.717, 1.165) is 18.4 Å². The van der Waals surface area contributed by atoms with Crippen LogP contribution in [0.2, 0.25) is 0 Å². The number of likely N-dealkylation sites (tertiary alicyclic amines) is 1. The average Bonchev–Trinajstić information content (AvgIpc) is 3.14. The van der Waals surface area contributed by atoms with Crippen molar-refractivity contribution in [3.8, 4) is 5.82 Å². The molecule has 0 unspecified atom stereocenters. The maximum absolute atomic E-state index is 12.5. The lowest BCUT2D eigenvalue weighted by atomic mass is 10.1. The van der Waals surface area contributed by atoms with Gasteiger partial charge in [-0.2, -0.15) is 5.10 Å². The third-order valence-corrected chi connectivity index (χ3v) is 4.13. The maximum atomic E-state index is 12.5. The van der Waals surface area contributed by atoms with Crippen molar-refractivity contribution in [2.75, 3.05) is 13.1 Å². The fourth-order valence-electron chi connectivity index (χ4n) is 3.02. The largest absolute Gasteiger partial charge is 0.352 e. The first-order chi connectivity index (χ1) is 12.1. The van der Waals surface area contributed by atoms with Crippen molar-refractivity contribution in [3.05, 3.63) is 42.4 Å². The Morgan fingerprint density at radius 3 is 2.96 bits per heavy atom. The van der Waals surface area contributed by atoms with Gasteiger partial charge >= 0.3 is 6.03 Å². The number of rotatable bonds is 4. The van der Waals surface area contributed by atoms with E-state index in [1.165, 1.54) is 6.92 Å². The zero-order valence-corrected chi connectivity index (χ0v) is 14.2. The summed E-state index contributed by atoms with van der Waals surface area (Å²) in [6.45, 7) is 3.09. The van der Waals surface area contributed by atoms with E-state index in [1.54, 1.807) is 22.0 Å². The van der Waals surface area contributed by atoms with Crippen LogP contribution in [0.15, 0.2) is 36.8 Å². The number of hydrogen-bond donors (Lipinski definition) is 2. The zero-order chi connectivity index (χ0) is 17.6. The third kappa shape index (κ3) is 4.34. The van der Waals surface area contributed by atoms with Crippen LogP contribution in [0.1, 0.15) is 25.3 Å². The molecule has 0 bridgehead atoms. The van der Waals surface area contributed by atoms with Crippen LogP contribution < -0.4 is 10.6 Å². The molecule has 3 heterocycles. The van der Waals surface area contributed by atoms with Crippen LogP contribution in [-0.4, -0.2) is 50.7 Å². The molecular weight excluding hydrogens is 320 g/mol. The Morgan fingerprint density at radius 2 is 2.20 bits per heavy atom. The van der Waals surface area contributed by atoms with Crippen LogP contribution in [-0.2, 0) is 11.3 Å². The lowest BCUT2D eigenvalue weighted by Gasteiger charge is -2.33. The van der Waals surface area contributed by atoms with Crippen molar-refractivity contribution >= 4 is 11.9 Å². The zero-order valence-electron chi connectivity index (χ0n) is 14.2. The van der Waals surface area contributed by atoms with Gasteiger partial charge in [-0.05, 0) is 25.0 Å². The molecule has 0 radical (unpaired) electrons. The molecule has 1 saturated heterocycles. The summed E-state index contributed by atoms with van der Waals surface area (Å²) in [5.41, 5.74) is 0.884. The molecule has 1 atom stereocenters. The summed E-state index contributed by atoms with van der Waals surface area (Å²) in [7, 11) is 0. The highest BCUT2D eigenvalue weighted by atomic mass is 16.2. The summed E-state index contributed by atoms with van der Waals surface area (Å²) in [5.74, 6) is 0.633. The number of carbonyl (C=O) groups excluding carboxylic acids is 2. The molecular formula is C17H22N6O2. The summed E-state index contributed by atoms with van der Waals surface area (Å²) in [6, 6.07) is 5.47. The molecule has 2 aromatic heterocycles. The van der Waals surface area contributed by atoms with Gasteiger partial charge < -0.3 is 15.5 Å². The SMILES string of the molecule is CC(=O)N[C@@H]1CCCN(C(=O)NCc2cccnc2-n2cccn2)C1. The topological polar surface area (TPSA) is 92.2 Å². The highest BCUT2D eigenvalue weighted by molar-refractivity contribution is 5.75. The molecule has 1 aliphatic rings. The van der Waals surface area contributed by atoms with E-state index in [0.29, 0.717) is 25.5 Å². The van der Waals surface area contributed by atoms with Gasteiger partial charge in [0, 0.05) is 56.8 Å². The Morgan fingerprint density at radius 1 is 1.32 bits per heavy atom. The molecule has 1 fully saturated rings. The molecule has 25 heavy (non-hydrogen) atoms. The Labute approximate surface area is 146 Å². The summed E-state index contributed by atoms with van der Waals surface area (Å²) in [6.07, 6.45) is 6.98. The van der Waals surface area contributed by atoms with Gasteiger partial charge in [0.2, 0.25) is 5.91 Å². The molecule has 1 aliphatic heterocycles. The number of nitrogens with one attached hydrogen (secondary N) is 2. The predicted molar refractivity (Wildman–Crippen MR) is 92.0 cm³/mol. The molecule has 132 valence electrons. The number of aromatic nitrogens is 3. The van der Waals surface area contributed by atoms with Gasteiger partial charge in [-0.3, -0.25) is 4.79 Å². The average molecular weight is 342 g/mol. The van der Waals surface area contributed by atoms with Crippen molar-refractivity contribution in [2.24, 2.45) is 0 Å². The van der Waals surface area contributed by atoms with Crippen molar-refractivity contribution < 1.29 is 9.59 Å². The molecule has 2 aromatic rings. The van der Waals surface area contributed by atoms with Crippen LogP contribution in [0.4, 0.5) is 4.79 Å². The number of hydrogen-bond acceptors (Lipinski definition) is 4. The van der Waals surface area contributed by atoms with E-state index in [9.17, 15) is 9.59 Å². The van der Waals surface area contributed by atoms with Crippen LogP contribution in [0.3, 0.4) is 0 Å². The van der Waals surface area contributed by atoms with E-state index in [4.69, 9.17) is 0 Å². The molecule has 0 saturated carbocycles. The van der Waals surface area contributed by atoms with Gasteiger partial charge in [-0.15, -0.1) is 0 Å². The maximum Gasteiger partial charge on any atom is 0.317 e. The Hall–Kier alpha value is -2.90. The highest BCUT2D eigenvalue weighted by Gasteiger charge is 2.24. The fourth-order valence-corrected chi connectivity index (χ4v) is 3.02. The molecule has 8 nitrogen and oxygen atoms in total. The molecule has 0 aliphatic carbocycles. The fraction of sp³-hybridized carbons (Fsp3) is 0.412. The van der Waals surface area contributed by atoms with Gasteiger partial charge in [-0.25, -0.2) is 14.5 Å². The summed E-state index contributed by atoms with van der Waals surface area (Å²) >= 11 is 0. The summed E-state index contributed by atoms with van der Waals surface area (Å²) < 4.78 is 1.68. The normalized spacial score (nSPS) is 17.2. The minimum absolute atomic E-state index is 0.0232. The standard InChI is InChI=1S/C17H22N6O2/c1-13(24)21-15-6-3-9-22(12-15)17(25)19-11-14-5-2-7-18-16(14)23-10-4-8-20-23/h2,4-5,7-8,10,15H,3,6,9,11-12H2,1H3,(H,19,25)(H,21,24)/t15-/m1/s1. The Balaban J connectivity index is 1.60. The minimum Gasteiger partial charge on any atom is -0.352 e. The van der Waals surface area contributed by atoms with E-state index in [-0.39, 0.29) is 18.0 Å². The molecule has 0 spiro atoms. The van der Waals surface area contributed by atoms with Crippen LogP contribution in [0.25, 0.3) is 5.82 Å². The number of urea groups is 1. The second kappa shape index (κ2) is 7.78. The summed E-state index contributed by atoms with van der Waals surface area (Å²) in [5, 5.41) is 10.0. The molecule has 3 amide bonds. The number of amides is 3. The smallest absolute Gasteiger partial charge is 0.317 e. The number of nitrogens with zero attached hydrogens (tertiary/aromatic N) is 4. The first-order valence-electron chi connectivity index (χ1n) is 8.37. The summed E-state index contributed by atoms with van der Waals surface area (Å²) in [4.78, 5) is 29.8. The second-order valence-corrected chi connectivity index (χ2v) is 6.08. The van der Waals surface area contributed by atoms with Crippen molar-refractivity contribution in [3.63, 3.8) is 0 Å². The van der Waals surface area contributed by atoms with E-state index in [1.807, 2.05) is 24.4 Å². The van der Waals surface area contributed by atoms with Gasteiger partial charge in [0.1, 0.15) is 0 Å². The quantitative estimate of drug-likeness (QED) is 0.869. The lowest BCUT2D eigenvalue weighted by molar-refractivity contribution is -0.119.